The number of ether oxygens (including phenoxy) is 1. The van der Waals surface area contributed by atoms with Crippen LogP contribution in [-0.2, 0) is 19.6 Å². The molecule has 1 aromatic rings. The normalized spacial score (nSPS) is 11.3. The van der Waals surface area contributed by atoms with Crippen molar-refractivity contribution in [3.63, 3.8) is 0 Å². The van der Waals surface area contributed by atoms with E-state index in [2.05, 4.69) is 5.32 Å². The van der Waals surface area contributed by atoms with Gasteiger partial charge < -0.3 is 10.1 Å². The first-order valence-corrected chi connectivity index (χ1v) is 8.29. The minimum atomic E-state index is -3.90. The SMILES string of the molecule is COCCCNC(=O)CN(c1ccc(F)cc1F)S(C)(=O)=O. The Bertz CT molecular complexity index is 622. The van der Waals surface area contributed by atoms with Crippen LogP contribution in [0.2, 0.25) is 0 Å². The average Bonchev–Trinajstić information content (AvgIpc) is 2.41. The van der Waals surface area contributed by atoms with E-state index in [1.54, 1.807) is 0 Å². The summed E-state index contributed by atoms with van der Waals surface area (Å²) in [7, 11) is -2.38. The molecule has 1 rings (SSSR count). The molecule has 0 aliphatic carbocycles. The fourth-order valence-electron chi connectivity index (χ4n) is 1.70. The van der Waals surface area contributed by atoms with Crippen molar-refractivity contribution in [2.45, 2.75) is 6.42 Å². The number of carbonyl (C=O) groups is 1. The summed E-state index contributed by atoms with van der Waals surface area (Å²) in [5.41, 5.74) is -0.379. The van der Waals surface area contributed by atoms with Crippen molar-refractivity contribution in [2.75, 3.05) is 37.4 Å². The molecule has 0 aliphatic rings. The maximum Gasteiger partial charge on any atom is 0.240 e. The molecular weight excluding hydrogens is 318 g/mol. The Labute approximate surface area is 128 Å². The highest BCUT2D eigenvalue weighted by atomic mass is 32.2. The van der Waals surface area contributed by atoms with E-state index in [1.165, 1.54) is 7.11 Å². The molecule has 0 radical (unpaired) electrons. The van der Waals surface area contributed by atoms with Crippen molar-refractivity contribution < 1.29 is 26.7 Å². The summed E-state index contributed by atoms with van der Waals surface area (Å²) in [5.74, 6) is -2.48. The van der Waals surface area contributed by atoms with Crippen LogP contribution in [0.3, 0.4) is 0 Å². The standard InChI is InChI=1S/C13H18F2N2O4S/c1-21-7-3-6-16-13(18)9-17(22(2,19)20)12-5-4-10(14)8-11(12)15/h4-5,8H,3,6-7,9H2,1-2H3,(H,16,18). The van der Waals surface area contributed by atoms with Crippen molar-refractivity contribution in [1.29, 1.82) is 0 Å². The average molecular weight is 336 g/mol. The molecule has 0 saturated heterocycles. The zero-order chi connectivity index (χ0) is 16.8. The van der Waals surface area contributed by atoms with E-state index in [0.717, 1.165) is 18.4 Å². The lowest BCUT2D eigenvalue weighted by Gasteiger charge is -2.22. The molecule has 1 amide bonds. The lowest BCUT2D eigenvalue weighted by Crippen LogP contribution is -2.41. The van der Waals surface area contributed by atoms with Gasteiger partial charge in [0.15, 0.2) is 0 Å². The highest BCUT2D eigenvalue weighted by Crippen LogP contribution is 2.22. The van der Waals surface area contributed by atoms with Crippen LogP contribution in [0.4, 0.5) is 14.5 Å². The van der Waals surface area contributed by atoms with Crippen molar-refractivity contribution in [3.8, 4) is 0 Å². The quantitative estimate of drug-likeness (QED) is 0.715. The number of amides is 1. The Hall–Kier alpha value is -1.74. The van der Waals surface area contributed by atoms with Gasteiger partial charge in [-0.1, -0.05) is 0 Å². The lowest BCUT2D eigenvalue weighted by molar-refractivity contribution is -0.119. The molecule has 0 saturated carbocycles. The first kappa shape index (κ1) is 18.3. The molecule has 0 unspecified atom stereocenters. The van der Waals surface area contributed by atoms with E-state index in [1.807, 2.05) is 0 Å². The van der Waals surface area contributed by atoms with Gasteiger partial charge >= 0.3 is 0 Å². The van der Waals surface area contributed by atoms with Crippen LogP contribution in [0, 0.1) is 11.6 Å². The molecule has 6 nitrogen and oxygen atoms in total. The second-order valence-corrected chi connectivity index (χ2v) is 6.47. The Morgan fingerprint density at radius 2 is 2.05 bits per heavy atom. The highest BCUT2D eigenvalue weighted by Gasteiger charge is 2.23. The fraction of sp³-hybridized carbons (Fsp3) is 0.462. The fourth-order valence-corrected chi connectivity index (χ4v) is 2.55. The van der Waals surface area contributed by atoms with Gasteiger partial charge in [0.25, 0.3) is 0 Å². The van der Waals surface area contributed by atoms with Gasteiger partial charge in [0.1, 0.15) is 18.2 Å². The molecule has 0 fully saturated rings. The molecule has 22 heavy (non-hydrogen) atoms. The third-order valence-electron chi connectivity index (χ3n) is 2.71. The number of nitrogens with zero attached hydrogens (tertiary/aromatic N) is 1. The minimum Gasteiger partial charge on any atom is -0.385 e. The number of carbonyl (C=O) groups excluding carboxylic acids is 1. The number of nitrogens with one attached hydrogen (secondary N) is 1. The lowest BCUT2D eigenvalue weighted by atomic mass is 10.3. The van der Waals surface area contributed by atoms with Crippen molar-refractivity contribution >= 4 is 21.6 Å². The molecule has 0 spiro atoms. The summed E-state index contributed by atoms with van der Waals surface area (Å²) in [5, 5.41) is 2.50. The van der Waals surface area contributed by atoms with E-state index < -0.39 is 34.1 Å². The van der Waals surface area contributed by atoms with Gasteiger partial charge in [-0.2, -0.15) is 0 Å². The first-order valence-electron chi connectivity index (χ1n) is 6.44. The van der Waals surface area contributed by atoms with E-state index in [0.29, 0.717) is 29.9 Å². The predicted molar refractivity (Wildman–Crippen MR) is 78.1 cm³/mol. The summed E-state index contributed by atoms with van der Waals surface area (Å²) in [6, 6.07) is 2.46. The largest absolute Gasteiger partial charge is 0.385 e. The molecule has 0 bridgehead atoms. The van der Waals surface area contributed by atoms with Crippen LogP contribution in [0.25, 0.3) is 0 Å². The number of halogens is 2. The molecule has 9 heteroatoms. The van der Waals surface area contributed by atoms with Crippen LogP contribution in [0.5, 0.6) is 0 Å². The smallest absolute Gasteiger partial charge is 0.240 e. The minimum absolute atomic E-state index is 0.302. The maximum atomic E-state index is 13.7. The molecule has 124 valence electrons. The monoisotopic (exact) mass is 336 g/mol. The summed E-state index contributed by atoms with van der Waals surface area (Å²) in [6.07, 6.45) is 1.40. The molecule has 0 aliphatic heterocycles. The summed E-state index contributed by atoms with van der Waals surface area (Å²) in [4.78, 5) is 11.8. The molecule has 0 aromatic heterocycles. The zero-order valence-corrected chi connectivity index (χ0v) is 13.1. The first-order chi connectivity index (χ1) is 10.3. The molecular formula is C13H18F2N2O4S. The van der Waals surface area contributed by atoms with Crippen LogP contribution in [0.1, 0.15) is 6.42 Å². The van der Waals surface area contributed by atoms with E-state index in [4.69, 9.17) is 4.74 Å². The molecule has 1 N–H and O–H groups in total. The van der Waals surface area contributed by atoms with E-state index in [-0.39, 0.29) is 5.69 Å². The van der Waals surface area contributed by atoms with E-state index >= 15 is 0 Å². The van der Waals surface area contributed by atoms with Gasteiger partial charge in [0.05, 0.1) is 11.9 Å². The number of sulfonamides is 1. The maximum absolute atomic E-state index is 13.7. The van der Waals surface area contributed by atoms with Gasteiger partial charge in [-0.3, -0.25) is 9.10 Å². The molecule has 1 aromatic carbocycles. The zero-order valence-electron chi connectivity index (χ0n) is 12.3. The summed E-state index contributed by atoms with van der Waals surface area (Å²) < 4.78 is 55.5. The van der Waals surface area contributed by atoms with Gasteiger partial charge in [0, 0.05) is 26.3 Å². The van der Waals surface area contributed by atoms with Crippen LogP contribution in [0.15, 0.2) is 18.2 Å². The number of rotatable bonds is 8. The Kier molecular flexibility index (Phi) is 6.69. The Morgan fingerprint density at radius 3 is 2.59 bits per heavy atom. The van der Waals surface area contributed by atoms with Crippen LogP contribution < -0.4 is 9.62 Å². The van der Waals surface area contributed by atoms with Gasteiger partial charge in [-0.15, -0.1) is 0 Å². The Morgan fingerprint density at radius 1 is 1.36 bits per heavy atom. The summed E-state index contributed by atoms with van der Waals surface area (Å²) >= 11 is 0. The Balaban J connectivity index is 2.85. The third kappa shape index (κ3) is 5.57. The molecule has 0 atom stereocenters. The van der Waals surface area contributed by atoms with Crippen molar-refractivity contribution in [1.82, 2.24) is 5.32 Å². The number of anilines is 1. The second kappa shape index (κ2) is 8.04. The van der Waals surface area contributed by atoms with Gasteiger partial charge in [0.2, 0.25) is 15.9 Å². The van der Waals surface area contributed by atoms with Gasteiger partial charge in [-0.05, 0) is 18.6 Å². The predicted octanol–water partition coefficient (Wildman–Crippen LogP) is 0.883. The molecule has 0 heterocycles. The topological polar surface area (TPSA) is 75.7 Å². The van der Waals surface area contributed by atoms with Crippen molar-refractivity contribution in [2.24, 2.45) is 0 Å². The van der Waals surface area contributed by atoms with Crippen LogP contribution >= 0.6 is 0 Å². The number of methoxy groups -OCH3 is 1. The number of hydrogen-bond donors (Lipinski definition) is 1. The third-order valence-corrected chi connectivity index (χ3v) is 3.84. The second-order valence-electron chi connectivity index (χ2n) is 4.56. The summed E-state index contributed by atoms with van der Waals surface area (Å²) in [6.45, 7) is 0.160. The van der Waals surface area contributed by atoms with E-state index in [9.17, 15) is 22.0 Å². The van der Waals surface area contributed by atoms with Crippen LogP contribution in [-0.4, -0.2) is 47.4 Å². The highest BCUT2D eigenvalue weighted by molar-refractivity contribution is 7.92. The van der Waals surface area contributed by atoms with Gasteiger partial charge in [-0.25, -0.2) is 17.2 Å². The number of hydrogen-bond acceptors (Lipinski definition) is 4. The van der Waals surface area contributed by atoms with Crippen molar-refractivity contribution in [3.05, 3.63) is 29.8 Å². The number of benzene rings is 1.